The average Bonchev–Trinajstić information content (AvgIpc) is 3.36. The van der Waals surface area contributed by atoms with E-state index in [9.17, 15) is 4.79 Å². The SMILES string of the molecule is Cc1ccc(OCC(=O)NCC2(c3ccccc3)CC2)cc1C. The largest absolute Gasteiger partial charge is 0.484 e. The number of ether oxygens (including phenoxy) is 1. The molecule has 120 valence electrons. The molecular weight excluding hydrogens is 286 g/mol. The molecule has 1 aliphatic rings. The molecule has 3 rings (SSSR count). The van der Waals surface area contributed by atoms with Gasteiger partial charge in [0.2, 0.25) is 0 Å². The topological polar surface area (TPSA) is 38.3 Å². The van der Waals surface area contributed by atoms with Crippen LogP contribution in [0.5, 0.6) is 5.75 Å². The number of hydrogen-bond donors (Lipinski definition) is 1. The van der Waals surface area contributed by atoms with E-state index in [1.165, 1.54) is 16.7 Å². The maximum atomic E-state index is 12.0. The fourth-order valence-electron chi connectivity index (χ4n) is 2.78. The summed E-state index contributed by atoms with van der Waals surface area (Å²) in [6.45, 7) is 4.85. The molecule has 0 spiro atoms. The van der Waals surface area contributed by atoms with Gasteiger partial charge in [0, 0.05) is 12.0 Å². The lowest BCUT2D eigenvalue weighted by atomic mass is 9.96. The molecule has 0 aliphatic heterocycles. The van der Waals surface area contributed by atoms with Crippen LogP contribution in [0.3, 0.4) is 0 Å². The van der Waals surface area contributed by atoms with Crippen LogP contribution in [0.1, 0.15) is 29.5 Å². The Morgan fingerprint density at radius 1 is 1.09 bits per heavy atom. The molecule has 0 bridgehead atoms. The molecule has 2 aromatic carbocycles. The molecule has 2 aromatic rings. The van der Waals surface area contributed by atoms with Crippen LogP contribution >= 0.6 is 0 Å². The quantitative estimate of drug-likeness (QED) is 0.886. The van der Waals surface area contributed by atoms with E-state index >= 15 is 0 Å². The molecule has 3 heteroatoms. The van der Waals surface area contributed by atoms with Crippen molar-refractivity contribution in [3.8, 4) is 5.75 Å². The molecule has 0 saturated heterocycles. The van der Waals surface area contributed by atoms with Crippen molar-refractivity contribution in [2.75, 3.05) is 13.2 Å². The molecule has 0 heterocycles. The Morgan fingerprint density at radius 3 is 2.48 bits per heavy atom. The van der Waals surface area contributed by atoms with Crippen molar-refractivity contribution >= 4 is 5.91 Å². The van der Waals surface area contributed by atoms with Gasteiger partial charge >= 0.3 is 0 Å². The van der Waals surface area contributed by atoms with Gasteiger partial charge in [-0.3, -0.25) is 4.79 Å². The van der Waals surface area contributed by atoms with Crippen molar-refractivity contribution in [3.05, 3.63) is 65.2 Å². The van der Waals surface area contributed by atoms with Crippen LogP contribution in [-0.4, -0.2) is 19.1 Å². The minimum atomic E-state index is -0.0644. The number of aryl methyl sites for hydroxylation is 2. The first kappa shape index (κ1) is 15.6. The Bertz CT molecular complexity index is 690. The van der Waals surface area contributed by atoms with E-state index in [2.05, 4.69) is 36.5 Å². The first-order chi connectivity index (χ1) is 11.1. The number of amides is 1. The first-order valence-electron chi connectivity index (χ1n) is 8.11. The lowest BCUT2D eigenvalue weighted by Crippen LogP contribution is -2.35. The van der Waals surface area contributed by atoms with Crippen LogP contribution in [0.15, 0.2) is 48.5 Å². The molecule has 1 amide bonds. The van der Waals surface area contributed by atoms with Crippen molar-refractivity contribution in [3.63, 3.8) is 0 Å². The van der Waals surface area contributed by atoms with Gasteiger partial charge in [-0.15, -0.1) is 0 Å². The van der Waals surface area contributed by atoms with Crippen molar-refractivity contribution in [2.24, 2.45) is 0 Å². The first-order valence-corrected chi connectivity index (χ1v) is 8.11. The van der Waals surface area contributed by atoms with Gasteiger partial charge in [-0.25, -0.2) is 0 Å². The highest BCUT2D eigenvalue weighted by Crippen LogP contribution is 2.47. The number of carbonyl (C=O) groups excluding carboxylic acids is 1. The molecule has 1 N–H and O–H groups in total. The standard InChI is InChI=1S/C20H23NO2/c1-15-8-9-18(12-16(15)2)23-13-19(22)21-14-20(10-11-20)17-6-4-3-5-7-17/h3-9,12H,10-11,13-14H2,1-2H3,(H,21,22). The van der Waals surface area contributed by atoms with Gasteiger partial charge in [0.15, 0.2) is 6.61 Å². The second kappa shape index (κ2) is 6.45. The third-order valence-corrected chi connectivity index (χ3v) is 4.71. The zero-order chi connectivity index (χ0) is 16.3. The maximum absolute atomic E-state index is 12.0. The van der Waals surface area contributed by atoms with Gasteiger partial charge in [0.1, 0.15) is 5.75 Å². The molecule has 0 unspecified atom stereocenters. The summed E-state index contributed by atoms with van der Waals surface area (Å²) in [6.07, 6.45) is 2.27. The van der Waals surface area contributed by atoms with E-state index in [4.69, 9.17) is 4.74 Å². The molecule has 23 heavy (non-hydrogen) atoms. The summed E-state index contributed by atoms with van der Waals surface area (Å²) in [6, 6.07) is 16.3. The highest BCUT2D eigenvalue weighted by molar-refractivity contribution is 5.77. The van der Waals surface area contributed by atoms with Gasteiger partial charge in [0.05, 0.1) is 0 Å². The highest BCUT2D eigenvalue weighted by Gasteiger charge is 2.44. The Hall–Kier alpha value is -2.29. The summed E-state index contributed by atoms with van der Waals surface area (Å²) in [5.74, 6) is 0.679. The van der Waals surface area contributed by atoms with Crippen molar-refractivity contribution < 1.29 is 9.53 Å². The Balaban J connectivity index is 1.49. The average molecular weight is 309 g/mol. The number of hydrogen-bond acceptors (Lipinski definition) is 2. The predicted molar refractivity (Wildman–Crippen MR) is 91.8 cm³/mol. The molecular formula is C20H23NO2. The zero-order valence-corrected chi connectivity index (χ0v) is 13.8. The van der Waals surface area contributed by atoms with E-state index in [1.54, 1.807) is 0 Å². The van der Waals surface area contributed by atoms with E-state index in [0.29, 0.717) is 6.54 Å². The van der Waals surface area contributed by atoms with E-state index < -0.39 is 0 Å². The van der Waals surface area contributed by atoms with Gasteiger partial charge in [-0.1, -0.05) is 36.4 Å². The van der Waals surface area contributed by atoms with Crippen molar-refractivity contribution in [1.82, 2.24) is 5.32 Å². The molecule has 0 radical (unpaired) electrons. The van der Waals surface area contributed by atoms with E-state index in [1.807, 2.05) is 31.2 Å². The summed E-state index contributed by atoms with van der Waals surface area (Å²) < 4.78 is 5.58. The maximum Gasteiger partial charge on any atom is 0.257 e. The molecule has 1 aliphatic carbocycles. The second-order valence-electron chi connectivity index (χ2n) is 6.46. The monoisotopic (exact) mass is 309 g/mol. The van der Waals surface area contributed by atoms with Gasteiger partial charge in [-0.2, -0.15) is 0 Å². The lowest BCUT2D eigenvalue weighted by molar-refractivity contribution is -0.123. The highest BCUT2D eigenvalue weighted by atomic mass is 16.5. The fourth-order valence-corrected chi connectivity index (χ4v) is 2.78. The van der Waals surface area contributed by atoms with E-state index in [0.717, 1.165) is 18.6 Å². The van der Waals surface area contributed by atoms with Crippen LogP contribution in [0.4, 0.5) is 0 Å². The van der Waals surface area contributed by atoms with E-state index in [-0.39, 0.29) is 17.9 Å². The molecule has 1 saturated carbocycles. The number of nitrogens with one attached hydrogen (secondary N) is 1. The smallest absolute Gasteiger partial charge is 0.257 e. The van der Waals surface area contributed by atoms with Crippen LogP contribution in [0, 0.1) is 13.8 Å². The van der Waals surface area contributed by atoms with Crippen molar-refractivity contribution in [2.45, 2.75) is 32.1 Å². The Labute approximate surface area is 137 Å². The molecule has 1 fully saturated rings. The third-order valence-electron chi connectivity index (χ3n) is 4.71. The number of rotatable bonds is 6. The summed E-state index contributed by atoms with van der Waals surface area (Å²) in [7, 11) is 0. The van der Waals surface area contributed by atoms with Gasteiger partial charge in [-0.05, 0) is 55.5 Å². The lowest BCUT2D eigenvalue weighted by Gasteiger charge is -2.16. The van der Waals surface area contributed by atoms with Crippen LogP contribution in [-0.2, 0) is 10.2 Å². The minimum Gasteiger partial charge on any atom is -0.484 e. The normalized spacial score (nSPS) is 15.0. The van der Waals surface area contributed by atoms with Gasteiger partial charge in [0.25, 0.3) is 5.91 Å². The molecule has 0 aromatic heterocycles. The van der Waals surface area contributed by atoms with Crippen LogP contribution in [0.25, 0.3) is 0 Å². The summed E-state index contributed by atoms with van der Waals surface area (Å²) >= 11 is 0. The number of benzene rings is 2. The second-order valence-corrected chi connectivity index (χ2v) is 6.46. The Kier molecular flexibility index (Phi) is 4.37. The zero-order valence-electron chi connectivity index (χ0n) is 13.8. The Morgan fingerprint density at radius 2 is 1.83 bits per heavy atom. The summed E-state index contributed by atoms with van der Waals surface area (Å²) in [5.41, 5.74) is 3.84. The molecule has 0 atom stereocenters. The predicted octanol–water partition coefficient (Wildman–Crippen LogP) is 3.53. The van der Waals surface area contributed by atoms with Gasteiger partial charge < -0.3 is 10.1 Å². The minimum absolute atomic E-state index is 0.0629. The van der Waals surface area contributed by atoms with Crippen molar-refractivity contribution in [1.29, 1.82) is 0 Å². The van der Waals surface area contributed by atoms with Crippen LogP contribution in [0.2, 0.25) is 0 Å². The number of carbonyl (C=O) groups is 1. The van der Waals surface area contributed by atoms with Crippen LogP contribution < -0.4 is 10.1 Å². The third kappa shape index (κ3) is 3.73. The summed E-state index contributed by atoms with van der Waals surface area (Å²) in [5, 5.41) is 3.02. The fraction of sp³-hybridized carbons (Fsp3) is 0.350. The molecule has 3 nitrogen and oxygen atoms in total. The summed E-state index contributed by atoms with van der Waals surface area (Å²) in [4.78, 5) is 12.0.